The summed E-state index contributed by atoms with van der Waals surface area (Å²) in [5.41, 5.74) is 0. The van der Waals surface area contributed by atoms with Crippen molar-refractivity contribution >= 4 is 8.07 Å². The van der Waals surface area contributed by atoms with Gasteiger partial charge in [-0.05, 0) is 12.8 Å². The summed E-state index contributed by atoms with van der Waals surface area (Å²) in [7, 11) is -1.08. The van der Waals surface area contributed by atoms with Crippen molar-refractivity contribution in [2.45, 2.75) is 69.5 Å². The average molecular weight is 198 g/mol. The second-order valence-electron chi connectivity index (χ2n) is 5.70. The van der Waals surface area contributed by atoms with Gasteiger partial charge in [-0.15, -0.1) is 0 Å². The Balaban J connectivity index is 2.07. The van der Waals surface area contributed by atoms with Crippen LogP contribution in [0, 0.1) is 0 Å². The minimum Gasteiger partial charge on any atom is -0.370 e. The predicted molar refractivity (Wildman–Crippen MR) is 58.7 cm³/mol. The van der Waals surface area contributed by atoms with Gasteiger partial charge in [-0.3, -0.25) is 0 Å². The largest absolute Gasteiger partial charge is 0.370 e. The highest BCUT2D eigenvalue weighted by Gasteiger charge is 2.62. The third-order valence-electron chi connectivity index (χ3n) is 3.85. The summed E-state index contributed by atoms with van der Waals surface area (Å²) in [6, 6.07) is 0. The molecule has 0 N–H and O–H groups in total. The zero-order valence-electron chi connectivity index (χ0n) is 9.23. The second-order valence-corrected chi connectivity index (χ2v) is 11.0. The maximum Gasteiger partial charge on any atom is 0.0858 e. The lowest BCUT2D eigenvalue weighted by Gasteiger charge is -2.27. The van der Waals surface area contributed by atoms with E-state index < -0.39 is 8.07 Å². The fourth-order valence-electron chi connectivity index (χ4n) is 2.84. The third-order valence-corrected chi connectivity index (χ3v) is 7.08. The van der Waals surface area contributed by atoms with Gasteiger partial charge in [0.1, 0.15) is 0 Å². The standard InChI is InChI=1S/C11H22OSi/c1-13(2,3)11-9-7-5-4-6-8-10(11)12-11/h10H,4-9H2,1-3H3/t10-,11-/m1/s1. The van der Waals surface area contributed by atoms with Crippen molar-refractivity contribution in [3.8, 4) is 0 Å². The van der Waals surface area contributed by atoms with Crippen LogP contribution in [0.4, 0.5) is 0 Å². The molecule has 0 spiro atoms. The Labute approximate surface area is 82.9 Å². The van der Waals surface area contributed by atoms with Crippen molar-refractivity contribution in [2.75, 3.05) is 0 Å². The van der Waals surface area contributed by atoms with Gasteiger partial charge in [-0.1, -0.05) is 45.3 Å². The van der Waals surface area contributed by atoms with Gasteiger partial charge in [0.2, 0.25) is 0 Å². The Morgan fingerprint density at radius 2 is 1.77 bits per heavy atom. The van der Waals surface area contributed by atoms with E-state index in [0.717, 1.165) is 0 Å². The molecule has 0 unspecified atom stereocenters. The Morgan fingerprint density at radius 1 is 1.08 bits per heavy atom. The van der Waals surface area contributed by atoms with Crippen LogP contribution in [0.2, 0.25) is 19.6 Å². The number of hydrogen-bond donors (Lipinski definition) is 0. The van der Waals surface area contributed by atoms with Gasteiger partial charge in [0, 0.05) is 0 Å². The molecule has 2 heteroatoms. The maximum atomic E-state index is 6.05. The molecule has 0 amide bonds. The van der Waals surface area contributed by atoms with E-state index in [4.69, 9.17) is 4.74 Å². The van der Waals surface area contributed by atoms with E-state index in [1.807, 2.05) is 0 Å². The number of hydrogen-bond acceptors (Lipinski definition) is 1. The van der Waals surface area contributed by atoms with Crippen LogP contribution in [0.15, 0.2) is 0 Å². The molecular weight excluding hydrogens is 176 g/mol. The molecule has 2 fully saturated rings. The molecule has 1 nitrogen and oxygen atoms in total. The molecule has 2 atom stereocenters. The Bertz CT molecular complexity index is 197. The van der Waals surface area contributed by atoms with Crippen molar-refractivity contribution < 1.29 is 4.74 Å². The monoisotopic (exact) mass is 198 g/mol. The van der Waals surface area contributed by atoms with Crippen LogP contribution < -0.4 is 0 Å². The lowest BCUT2D eigenvalue weighted by atomic mass is 10.0. The highest BCUT2D eigenvalue weighted by Crippen LogP contribution is 2.51. The molecule has 1 aliphatic carbocycles. The molecule has 13 heavy (non-hydrogen) atoms. The quantitative estimate of drug-likeness (QED) is 0.465. The van der Waals surface area contributed by atoms with Crippen LogP contribution in [0.5, 0.6) is 0 Å². The highest BCUT2D eigenvalue weighted by atomic mass is 28.3. The summed E-state index contributed by atoms with van der Waals surface area (Å²) in [6.45, 7) is 7.40. The number of fused-ring (bicyclic) bond motifs is 1. The zero-order chi connectivity index (χ0) is 9.53. The van der Waals surface area contributed by atoms with Gasteiger partial charge >= 0.3 is 0 Å². The van der Waals surface area contributed by atoms with Crippen LogP contribution >= 0.6 is 0 Å². The topological polar surface area (TPSA) is 12.5 Å². The van der Waals surface area contributed by atoms with Crippen LogP contribution in [0.3, 0.4) is 0 Å². The van der Waals surface area contributed by atoms with Crippen LogP contribution in [0.25, 0.3) is 0 Å². The van der Waals surface area contributed by atoms with E-state index in [1.165, 1.54) is 38.5 Å². The first-order valence-corrected chi connectivity index (χ1v) is 9.24. The molecule has 0 aromatic heterocycles. The minimum atomic E-state index is -1.08. The van der Waals surface area contributed by atoms with E-state index in [9.17, 15) is 0 Å². The summed E-state index contributed by atoms with van der Waals surface area (Å²) in [6.07, 6.45) is 9.01. The molecule has 1 saturated carbocycles. The molecule has 0 aromatic rings. The fourth-order valence-corrected chi connectivity index (χ4v) is 5.37. The van der Waals surface area contributed by atoms with Crippen molar-refractivity contribution in [3.63, 3.8) is 0 Å². The average Bonchev–Trinajstić information content (AvgIpc) is 2.61. The molecule has 1 aliphatic heterocycles. The van der Waals surface area contributed by atoms with Gasteiger partial charge in [0.25, 0.3) is 0 Å². The van der Waals surface area contributed by atoms with Crippen molar-refractivity contribution in [2.24, 2.45) is 0 Å². The Morgan fingerprint density at radius 3 is 2.46 bits per heavy atom. The second kappa shape index (κ2) is 3.09. The lowest BCUT2D eigenvalue weighted by Crippen LogP contribution is -2.44. The van der Waals surface area contributed by atoms with Crippen molar-refractivity contribution in [3.05, 3.63) is 0 Å². The van der Waals surface area contributed by atoms with E-state index in [1.54, 1.807) is 0 Å². The van der Waals surface area contributed by atoms with Crippen LogP contribution in [-0.2, 0) is 4.74 Å². The molecule has 1 heterocycles. The summed E-state index contributed by atoms with van der Waals surface area (Å²) in [4.78, 5) is 0. The van der Waals surface area contributed by atoms with Gasteiger partial charge in [0.15, 0.2) is 0 Å². The number of epoxide rings is 1. The number of rotatable bonds is 1. The van der Waals surface area contributed by atoms with Gasteiger partial charge in [-0.2, -0.15) is 0 Å². The predicted octanol–water partition coefficient (Wildman–Crippen LogP) is 3.36. The van der Waals surface area contributed by atoms with Gasteiger partial charge < -0.3 is 4.74 Å². The van der Waals surface area contributed by atoms with Crippen molar-refractivity contribution in [1.29, 1.82) is 0 Å². The molecule has 1 saturated heterocycles. The van der Waals surface area contributed by atoms with E-state index in [2.05, 4.69) is 19.6 Å². The van der Waals surface area contributed by atoms with Crippen LogP contribution in [0.1, 0.15) is 38.5 Å². The van der Waals surface area contributed by atoms with E-state index in [0.29, 0.717) is 11.3 Å². The summed E-state index contributed by atoms with van der Waals surface area (Å²) in [5.74, 6) is 0. The van der Waals surface area contributed by atoms with E-state index in [-0.39, 0.29) is 0 Å². The third kappa shape index (κ3) is 1.59. The first-order chi connectivity index (χ1) is 6.06. The fraction of sp³-hybridized carbons (Fsp3) is 1.00. The summed E-state index contributed by atoms with van der Waals surface area (Å²) >= 11 is 0. The summed E-state index contributed by atoms with van der Waals surface area (Å²) < 4.78 is 6.05. The molecular formula is C11H22OSi. The Kier molecular flexibility index (Phi) is 2.31. The summed E-state index contributed by atoms with van der Waals surface area (Å²) in [5, 5.41) is 0.396. The molecule has 2 rings (SSSR count). The van der Waals surface area contributed by atoms with Crippen molar-refractivity contribution in [1.82, 2.24) is 0 Å². The van der Waals surface area contributed by atoms with Gasteiger partial charge in [0.05, 0.1) is 19.4 Å². The molecule has 0 aromatic carbocycles. The SMILES string of the molecule is C[Si](C)(C)[C@]12CCCCCC[C@H]1O2. The first-order valence-electron chi connectivity index (χ1n) is 5.74. The minimum absolute atomic E-state index is 0.396. The molecule has 76 valence electrons. The maximum absolute atomic E-state index is 6.05. The zero-order valence-corrected chi connectivity index (χ0v) is 10.2. The molecule has 0 bridgehead atoms. The van der Waals surface area contributed by atoms with Crippen LogP contribution in [-0.4, -0.2) is 19.4 Å². The van der Waals surface area contributed by atoms with Gasteiger partial charge in [-0.25, -0.2) is 0 Å². The highest BCUT2D eigenvalue weighted by molar-refractivity contribution is 6.79. The smallest absolute Gasteiger partial charge is 0.0858 e. The Hall–Kier alpha value is 0.177. The lowest BCUT2D eigenvalue weighted by molar-refractivity contribution is 0.329. The normalized spacial score (nSPS) is 40.4. The molecule has 0 radical (unpaired) electrons. The van der Waals surface area contributed by atoms with E-state index >= 15 is 0 Å². The first kappa shape index (κ1) is 9.72. The molecule has 2 aliphatic rings. The number of ether oxygens (including phenoxy) is 1.